The Bertz CT molecular complexity index is 824. The molecule has 0 unspecified atom stereocenters. The zero-order valence-electron chi connectivity index (χ0n) is 15.4. The third-order valence-corrected chi connectivity index (χ3v) is 4.57. The van der Waals surface area contributed by atoms with Crippen LogP contribution < -0.4 is 18.9 Å². The molecule has 26 heavy (non-hydrogen) atoms. The Morgan fingerprint density at radius 1 is 0.731 bits per heavy atom. The van der Waals surface area contributed by atoms with Crippen LogP contribution in [0, 0.1) is 0 Å². The van der Waals surface area contributed by atoms with Gasteiger partial charge in [-0.25, -0.2) is 0 Å². The van der Waals surface area contributed by atoms with Crippen molar-refractivity contribution in [2.45, 2.75) is 12.8 Å². The Labute approximate surface area is 153 Å². The van der Waals surface area contributed by atoms with E-state index in [1.807, 2.05) is 36.4 Å². The lowest BCUT2D eigenvalue weighted by Gasteiger charge is -2.15. The number of carbonyl (C=O) groups excluding carboxylic acids is 1. The molecule has 0 fully saturated rings. The van der Waals surface area contributed by atoms with E-state index in [-0.39, 0.29) is 5.78 Å². The molecule has 0 atom stereocenters. The van der Waals surface area contributed by atoms with Crippen LogP contribution in [0.2, 0.25) is 0 Å². The van der Waals surface area contributed by atoms with Crippen LogP contribution in [0.3, 0.4) is 0 Å². The van der Waals surface area contributed by atoms with E-state index in [0.717, 1.165) is 28.0 Å². The molecule has 0 spiro atoms. The number of hydrogen-bond acceptors (Lipinski definition) is 5. The lowest BCUT2D eigenvalue weighted by atomic mass is 9.96. The molecule has 2 aromatic carbocycles. The molecule has 2 aromatic rings. The predicted octanol–water partition coefficient (Wildman–Crippen LogP) is 3.99. The summed E-state index contributed by atoms with van der Waals surface area (Å²) in [5.41, 5.74) is 3.51. The molecular weight excluding hydrogens is 332 g/mol. The molecule has 0 amide bonds. The highest BCUT2D eigenvalue weighted by Crippen LogP contribution is 2.44. The molecule has 1 aliphatic rings. The van der Waals surface area contributed by atoms with Crippen molar-refractivity contribution in [1.82, 2.24) is 0 Å². The maximum absolute atomic E-state index is 12.6. The van der Waals surface area contributed by atoms with Crippen LogP contribution in [0.25, 0.3) is 11.1 Å². The second-order valence-corrected chi connectivity index (χ2v) is 5.92. The van der Waals surface area contributed by atoms with Gasteiger partial charge in [-0.1, -0.05) is 12.1 Å². The molecule has 136 valence electrons. The van der Waals surface area contributed by atoms with Crippen LogP contribution in [0.4, 0.5) is 0 Å². The summed E-state index contributed by atoms with van der Waals surface area (Å²) >= 11 is 0. The average Bonchev–Trinajstić information content (AvgIpc) is 3.08. The van der Waals surface area contributed by atoms with Crippen LogP contribution >= 0.6 is 0 Å². The van der Waals surface area contributed by atoms with Gasteiger partial charge in [-0.05, 0) is 47.4 Å². The average molecular weight is 354 g/mol. The van der Waals surface area contributed by atoms with Gasteiger partial charge in [-0.2, -0.15) is 0 Å². The summed E-state index contributed by atoms with van der Waals surface area (Å²) in [5, 5.41) is 0. The van der Waals surface area contributed by atoms with E-state index in [1.54, 1.807) is 28.4 Å². The molecule has 5 nitrogen and oxygen atoms in total. The van der Waals surface area contributed by atoms with Crippen LogP contribution in [-0.4, -0.2) is 34.2 Å². The lowest BCUT2D eigenvalue weighted by molar-refractivity contribution is -0.113. The summed E-state index contributed by atoms with van der Waals surface area (Å²) in [6.45, 7) is 0. The van der Waals surface area contributed by atoms with Gasteiger partial charge in [0.15, 0.2) is 17.3 Å². The Balaban J connectivity index is 2.15. The molecule has 0 radical (unpaired) electrons. The van der Waals surface area contributed by atoms with Gasteiger partial charge in [0, 0.05) is 12.0 Å². The predicted molar refractivity (Wildman–Crippen MR) is 100 cm³/mol. The van der Waals surface area contributed by atoms with Crippen molar-refractivity contribution >= 4 is 16.9 Å². The third kappa shape index (κ3) is 3.12. The maximum atomic E-state index is 12.6. The number of Topliss-reactive ketones (excluding diaryl/α,β-unsaturated/α-hetero) is 1. The minimum absolute atomic E-state index is 0.138. The van der Waals surface area contributed by atoms with Gasteiger partial charge in [-0.15, -0.1) is 0 Å². The summed E-state index contributed by atoms with van der Waals surface area (Å²) in [4.78, 5) is 12.6. The van der Waals surface area contributed by atoms with Crippen molar-refractivity contribution in [3.05, 3.63) is 47.5 Å². The minimum Gasteiger partial charge on any atom is -0.497 e. The summed E-state index contributed by atoms with van der Waals surface area (Å²) in [7, 11) is 6.36. The van der Waals surface area contributed by atoms with E-state index in [1.165, 1.54) is 0 Å². The fourth-order valence-corrected chi connectivity index (χ4v) is 3.29. The maximum Gasteiger partial charge on any atom is 0.203 e. The normalized spacial score (nSPS) is 13.8. The lowest BCUT2D eigenvalue weighted by Crippen LogP contribution is -1.98. The SMILES string of the molecule is COc1ccc(C2=C(c3cc(OC)c(OC)c(OC)c3)CCC2=O)cc1. The van der Waals surface area contributed by atoms with Gasteiger partial charge in [0.1, 0.15) is 5.75 Å². The standard InChI is InChI=1S/C21H22O5/c1-23-15-7-5-13(6-8-15)20-16(9-10-17(20)22)14-11-18(24-2)21(26-4)19(12-14)25-3/h5-8,11-12H,9-10H2,1-4H3. The molecular formula is C21H22O5. The van der Waals surface area contributed by atoms with Gasteiger partial charge < -0.3 is 18.9 Å². The van der Waals surface area contributed by atoms with E-state index in [2.05, 4.69) is 0 Å². The van der Waals surface area contributed by atoms with Crippen molar-refractivity contribution in [3.63, 3.8) is 0 Å². The number of rotatable bonds is 6. The number of hydrogen-bond donors (Lipinski definition) is 0. The first-order valence-electron chi connectivity index (χ1n) is 8.34. The first kappa shape index (κ1) is 17.9. The van der Waals surface area contributed by atoms with Crippen LogP contribution in [-0.2, 0) is 4.79 Å². The quantitative estimate of drug-likeness (QED) is 0.785. The van der Waals surface area contributed by atoms with E-state index in [4.69, 9.17) is 18.9 Å². The molecule has 0 N–H and O–H groups in total. The molecule has 0 saturated heterocycles. The minimum atomic E-state index is 0.138. The van der Waals surface area contributed by atoms with Gasteiger partial charge in [0.2, 0.25) is 5.75 Å². The van der Waals surface area contributed by atoms with Gasteiger partial charge in [0.25, 0.3) is 0 Å². The highest BCUT2D eigenvalue weighted by molar-refractivity contribution is 6.31. The highest BCUT2D eigenvalue weighted by atomic mass is 16.5. The first-order chi connectivity index (χ1) is 12.6. The number of allylic oxidation sites excluding steroid dienone is 2. The molecule has 0 aliphatic heterocycles. The van der Waals surface area contributed by atoms with Gasteiger partial charge >= 0.3 is 0 Å². The van der Waals surface area contributed by atoms with Gasteiger partial charge in [0.05, 0.1) is 28.4 Å². The van der Waals surface area contributed by atoms with E-state index in [9.17, 15) is 4.79 Å². The van der Waals surface area contributed by atoms with Crippen LogP contribution in [0.5, 0.6) is 23.0 Å². The number of ether oxygens (including phenoxy) is 4. The molecule has 0 heterocycles. The van der Waals surface area contributed by atoms with Crippen molar-refractivity contribution in [3.8, 4) is 23.0 Å². The molecule has 0 bridgehead atoms. The summed E-state index contributed by atoms with van der Waals surface area (Å²) in [6.07, 6.45) is 1.17. The molecule has 0 saturated carbocycles. The van der Waals surface area contributed by atoms with E-state index in [0.29, 0.717) is 30.1 Å². The zero-order valence-corrected chi connectivity index (χ0v) is 15.4. The summed E-state index contributed by atoms with van der Waals surface area (Å²) < 4.78 is 21.5. The van der Waals surface area contributed by atoms with Crippen molar-refractivity contribution in [2.24, 2.45) is 0 Å². The third-order valence-electron chi connectivity index (χ3n) is 4.57. The fraction of sp³-hybridized carbons (Fsp3) is 0.286. The highest BCUT2D eigenvalue weighted by Gasteiger charge is 2.27. The summed E-state index contributed by atoms with van der Waals surface area (Å²) in [5.74, 6) is 2.58. The first-order valence-corrected chi connectivity index (χ1v) is 8.34. The number of benzene rings is 2. The smallest absolute Gasteiger partial charge is 0.203 e. The molecule has 3 rings (SSSR count). The van der Waals surface area contributed by atoms with Crippen molar-refractivity contribution in [1.29, 1.82) is 0 Å². The van der Waals surface area contributed by atoms with Crippen LogP contribution in [0.1, 0.15) is 24.0 Å². The zero-order chi connectivity index (χ0) is 18.7. The largest absolute Gasteiger partial charge is 0.497 e. The Morgan fingerprint density at radius 2 is 1.35 bits per heavy atom. The molecule has 0 aromatic heterocycles. The molecule has 1 aliphatic carbocycles. The Kier molecular flexibility index (Phi) is 5.16. The second kappa shape index (κ2) is 7.52. The topological polar surface area (TPSA) is 54.0 Å². The van der Waals surface area contributed by atoms with Crippen molar-refractivity contribution in [2.75, 3.05) is 28.4 Å². The van der Waals surface area contributed by atoms with Crippen molar-refractivity contribution < 1.29 is 23.7 Å². The molecule has 5 heteroatoms. The Hall–Kier alpha value is -2.95. The second-order valence-electron chi connectivity index (χ2n) is 5.92. The van der Waals surface area contributed by atoms with Gasteiger partial charge in [-0.3, -0.25) is 4.79 Å². The fourth-order valence-electron chi connectivity index (χ4n) is 3.29. The van der Waals surface area contributed by atoms with E-state index >= 15 is 0 Å². The number of methoxy groups -OCH3 is 4. The summed E-state index contributed by atoms with van der Waals surface area (Å²) in [6, 6.07) is 11.3. The van der Waals surface area contributed by atoms with E-state index < -0.39 is 0 Å². The monoisotopic (exact) mass is 354 g/mol. The van der Waals surface area contributed by atoms with Crippen LogP contribution in [0.15, 0.2) is 36.4 Å². The number of ketones is 1. The number of carbonyl (C=O) groups is 1. The Morgan fingerprint density at radius 3 is 1.85 bits per heavy atom.